The Bertz CT molecular complexity index is 807. The van der Waals surface area contributed by atoms with Gasteiger partial charge in [0, 0.05) is 38.6 Å². The molecule has 1 fully saturated rings. The second kappa shape index (κ2) is 10.6. The summed E-state index contributed by atoms with van der Waals surface area (Å²) in [5, 5.41) is 3.46. The van der Waals surface area contributed by atoms with Crippen LogP contribution in [0.4, 0.5) is 0 Å². The van der Waals surface area contributed by atoms with Crippen LogP contribution in [0.5, 0.6) is 5.75 Å². The maximum Gasteiger partial charge on any atom is 0.193 e. The van der Waals surface area contributed by atoms with Gasteiger partial charge in [0.15, 0.2) is 5.96 Å². The molecule has 0 saturated carbocycles. The summed E-state index contributed by atoms with van der Waals surface area (Å²) in [6, 6.07) is 8.50. The summed E-state index contributed by atoms with van der Waals surface area (Å²) in [6.07, 6.45) is 13.1. The Morgan fingerprint density at radius 1 is 1.38 bits per heavy atom. The van der Waals surface area contributed by atoms with Gasteiger partial charge in [-0.2, -0.15) is 0 Å². The molecule has 2 atom stereocenters. The highest BCUT2D eigenvalue weighted by Crippen LogP contribution is 2.27. The van der Waals surface area contributed by atoms with E-state index in [2.05, 4.69) is 57.9 Å². The van der Waals surface area contributed by atoms with Crippen molar-refractivity contribution < 1.29 is 4.74 Å². The van der Waals surface area contributed by atoms with Gasteiger partial charge in [-0.25, -0.2) is 4.98 Å². The number of piperidine rings is 1. The number of ether oxygens (including phenoxy) is 1. The molecule has 0 amide bonds. The molecule has 2 unspecified atom stereocenters. The zero-order chi connectivity index (χ0) is 20.5. The third-order valence-electron chi connectivity index (χ3n) is 5.37. The third kappa shape index (κ3) is 5.77. The fourth-order valence-corrected chi connectivity index (χ4v) is 3.69. The van der Waals surface area contributed by atoms with Crippen LogP contribution in [-0.4, -0.2) is 53.2 Å². The van der Waals surface area contributed by atoms with Crippen molar-refractivity contribution in [2.75, 3.05) is 32.8 Å². The van der Waals surface area contributed by atoms with Crippen LogP contribution in [0.2, 0.25) is 0 Å². The van der Waals surface area contributed by atoms with Crippen molar-refractivity contribution in [3.05, 3.63) is 48.5 Å². The van der Waals surface area contributed by atoms with Gasteiger partial charge in [0.1, 0.15) is 12.4 Å². The van der Waals surface area contributed by atoms with Crippen LogP contribution in [0.15, 0.2) is 48.0 Å². The van der Waals surface area contributed by atoms with Crippen LogP contribution in [0.1, 0.15) is 31.9 Å². The highest BCUT2D eigenvalue weighted by Gasteiger charge is 2.28. The lowest BCUT2D eigenvalue weighted by Crippen LogP contribution is -2.49. The van der Waals surface area contributed by atoms with E-state index in [9.17, 15) is 0 Å². The first-order valence-electron chi connectivity index (χ1n) is 10.4. The quantitative estimate of drug-likeness (QED) is 0.446. The molecule has 1 N–H and O–H groups in total. The summed E-state index contributed by atoms with van der Waals surface area (Å²) in [6.45, 7) is 8.32. The van der Waals surface area contributed by atoms with Gasteiger partial charge in [-0.05, 0) is 43.4 Å². The second-order valence-corrected chi connectivity index (χ2v) is 7.41. The van der Waals surface area contributed by atoms with Gasteiger partial charge in [0.05, 0.1) is 12.4 Å². The normalized spacial score (nSPS) is 19.6. The predicted molar refractivity (Wildman–Crippen MR) is 117 cm³/mol. The van der Waals surface area contributed by atoms with Crippen LogP contribution < -0.4 is 10.1 Å². The summed E-state index contributed by atoms with van der Waals surface area (Å²) in [7, 11) is 0. The molecule has 0 aliphatic carbocycles. The van der Waals surface area contributed by atoms with Crippen molar-refractivity contribution in [1.29, 1.82) is 0 Å². The molecule has 0 bridgehead atoms. The molecular formula is C23H31N5O. The molecule has 6 heteroatoms. The molecule has 1 aromatic carbocycles. The molecule has 0 radical (unpaired) electrons. The summed E-state index contributed by atoms with van der Waals surface area (Å²) in [5.41, 5.74) is 1.24. The average Bonchev–Trinajstić information content (AvgIpc) is 3.27. The Morgan fingerprint density at radius 2 is 2.21 bits per heavy atom. The zero-order valence-electron chi connectivity index (χ0n) is 17.4. The lowest BCUT2D eigenvalue weighted by Gasteiger charge is -2.39. The number of nitrogens with one attached hydrogen (secondary N) is 1. The van der Waals surface area contributed by atoms with Crippen molar-refractivity contribution in [3.8, 4) is 18.1 Å². The van der Waals surface area contributed by atoms with Crippen LogP contribution in [0, 0.1) is 18.3 Å². The van der Waals surface area contributed by atoms with Gasteiger partial charge in [0.25, 0.3) is 0 Å². The fraction of sp³-hybridized carbons (Fsp3) is 0.478. The standard InChI is InChI=1S/C23H31N5O/c1-4-16-29-21-8-6-20(7-9-21)10-12-26-23(25-5-2)27-14-11-19(3)22(17-27)28-15-13-24-18-28/h1,6-9,13,15,18-19,22H,5,10-12,14,16-17H2,2-3H3,(H,25,26). The van der Waals surface area contributed by atoms with E-state index >= 15 is 0 Å². The van der Waals surface area contributed by atoms with Crippen LogP contribution in [0.25, 0.3) is 0 Å². The number of hydrogen-bond acceptors (Lipinski definition) is 3. The summed E-state index contributed by atoms with van der Waals surface area (Å²) in [5.74, 6) is 4.90. The Balaban J connectivity index is 1.60. The van der Waals surface area contributed by atoms with Crippen molar-refractivity contribution >= 4 is 5.96 Å². The van der Waals surface area contributed by atoms with Gasteiger partial charge in [-0.1, -0.05) is 25.0 Å². The van der Waals surface area contributed by atoms with E-state index in [-0.39, 0.29) is 0 Å². The van der Waals surface area contributed by atoms with Gasteiger partial charge in [-0.3, -0.25) is 4.99 Å². The molecule has 1 saturated heterocycles. The summed E-state index contributed by atoms with van der Waals surface area (Å²) >= 11 is 0. The van der Waals surface area contributed by atoms with E-state index in [0.29, 0.717) is 18.6 Å². The van der Waals surface area contributed by atoms with E-state index in [0.717, 1.165) is 50.7 Å². The monoisotopic (exact) mass is 393 g/mol. The number of nitrogens with zero attached hydrogens (tertiary/aromatic N) is 4. The molecule has 29 heavy (non-hydrogen) atoms. The highest BCUT2D eigenvalue weighted by molar-refractivity contribution is 5.80. The third-order valence-corrected chi connectivity index (χ3v) is 5.37. The van der Waals surface area contributed by atoms with Gasteiger partial charge in [-0.15, -0.1) is 6.42 Å². The molecule has 1 aromatic heterocycles. The molecule has 2 aromatic rings. The van der Waals surface area contributed by atoms with Crippen molar-refractivity contribution in [3.63, 3.8) is 0 Å². The second-order valence-electron chi connectivity index (χ2n) is 7.41. The van der Waals surface area contributed by atoms with Crippen LogP contribution in [0.3, 0.4) is 0 Å². The van der Waals surface area contributed by atoms with E-state index in [1.165, 1.54) is 5.56 Å². The minimum atomic E-state index is 0.296. The lowest BCUT2D eigenvalue weighted by molar-refractivity contribution is 0.189. The van der Waals surface area contributed by atoms with Crippen LogP contribution >= 0.6 is 0 Å². The molecule has 6 nitrogen and oxygen atoms in total. The first-order valence-corrected chi connectivity index (χ1v) is 10.4. The number of aliphatic imine (C=N–C) groups is 1. The van der Waals surface area contributed by atoms with E-state index < -0.39 is 0 Å². The zero-order valence-corrected chi connectivity index (χ0v) is 17.4. The number of hydrogen-bond donors (Lipinski definition) is 1. The van der Waals surface area contributed by atoms with Gasteiger partial charge < -0.3 is 19.5 Å². The number of aromatic nitrogens is 2. The summed E-state index contributed by atoms with van der Waals surface area (Å²) in [4.78, 5) is 11.5. The van der Waals surface area contributed by atoms with E-state index in [1.54, 1.807) is 0 Å². The Labute approximate surface area is 174 Å². The number of rotatable bonds is 7. The van der Waals surface area contributed by atoms with Crippen molar-refractivity contribution in [2.45, 2.75) is 32.7 Å². The molecule has 1 aliphatic heterocycles. The van der Waals surface area contributed by atoms with Crippen molar-refractivity contribution in [2.24, 2.45) is 10.9 Å². The molecule has 2 heterocycles. The fourth-order valence-electron chi connectivity index (χ4n) is 3.69. The first-order chi connectivity index (χ1) is 14.2. The topological polar surface area (TPSA) is 54.7 Å². The smallest absolute Gasteiger partial charge is 0.193 e. The van der Waals surface area contributed by atoms with Gasteiger partial charge in [0.2, 0.25) is 0 Å². The maximum atomic E-state index is 5.43. The molecule has 1 aliphatic rings. The molecular weight excluding hydrogens is 362 g/mol. The average molecular weight is 394 g/mol. The number of terminal acetylenes is 1. The Kier molecular flexibility index (Phi) is 7.57. The molecule has 0 spiro atoms. The number of imidazole rings is 1. The molecule has 154 valence electrons. The van der Waals surface area contributed by atoms with Crippen molar-refractivity contribution in [1.82, 2.24) is 19.8 Å². The number of likely N-dealkylation sites (tertiary alicyclic amines) is 1. The maximum absolute atomic E-state index is 5.43. The van der Waals surface area contributed by atoms with Gasteiger partial charge >= 0.3 is 0 Å². The van der Waals surface area contributed by atoms with E-state index in [4.69, 9.17) is 16.2 Å². The number of benzene rings is 1. The predicted octanol–water partition coefficient (Wildman–Crippen LogP) is 2.99. The Morgan fingerprint density at radius 3 is 2.90 bits per heavy atom. The Hall–Kier alpha value is -2.94. The minimum Gasteiger partial charge on any atom is -0.481 e. The minimum absolute atomic E-state index is 0.296. The van der Waals surface area contributed by atoms with Crippen LogP contribution in [-0.2, 0) is 6.42 Å². The largest absolute Gasteiger partial charge is 0.481 e. The first kappa shape index (κ1) is 20.8. The van der Waals surface area contributed by atoms with E-state index in [1.807, 2.05) is 24.7 Å². The molecule has 3 rings (SSSR count). The highest BCUT2D eigenvalue weighted by atomic mass is 16.5. The lowest BCUT2D eigenvalue weighted by atomic mass is 9.93. The number of guanidine groups is 1. The summed E-state index contributed by atoms with van der Waals surface area (Å²) < 4.78 is 7.65. The SMILES string of the molecule is C#CCOc1ccc(CCN=C(NCC)N2CCC(C)C(n3ccnc3)C2)cc1.